The van der Waals surface area contributed by atoms with Gasteiger partial charge in [-0.25, -0.2) is 0 Å². The summed E-state index contributed by atoms with van der Waals surface area (Å²) >= 11 is 1.38. The molecule has 1 N–H and O–H groups in total. The van der Waals surface area contributed by atoms with Gasteiger partial charge in [-0.2, -0.15) is 0 Å². The predicted octanol–water partition coefficient (Wildman–Crippen LogP) is 3.00. The molecule has 0 fully saturated rings. The van der Waals surface area contributed by atoms with Gasteiger partial charge < -0.3 is 10.1 Å². The molecule has 0 heterocycles. The molecule has 1 amide bonds. The van der Waals surface area contributed by atoms with Crippen molar-refractivity contribution in [1.29, 1.82) is 0 Å². The lowest BCUT2D eigenvalue weighted by atomic mass is 10.2. The van der Waals surface area contributed by atoms with Crippen LogP contribution >= 0.6 is 11.8 Å². The van der Waals surface area contributed by atoms with Crippen molar-refractivity contribution in [1.82, 2.24) is 5.32 Å². The van der Waals surface area contributed by atoms with Gasteiger partial charge in [0.25, 0.3) is 0 Å². The molecule has 0 saturated heterocycles. The number of nitrogens with zero attached hydrogens (tertiary/aromatic N) is 1. The molecule has 0 aliphatic carbocycles. The van der Waals surface area contributed by atoms with Gasteiger partial charge in [0, 0.05) is 17.4 Å². The molecule has 0 aliphatic rings. The monoisotopic (exact) mass is 370 g/mol. The van der Waals surface area contributed by atoms with Crippen LogP contribution in [0.4, 0.5) is 5.69 Å². The molecular formula is C19H18N2O4S. The molecule has 6 nitrogen and oxygen atoms in total. The molecule has 2 aromatic rings. The van der Waals surface area contributed by atoms with Gasteiger partial charge >= 0.3 is 5.69 Å². The number of hydrogen-bond donors (Lipinski definition) is 1. The molecule has 7 heteroatoms. The second-order valence-electron chi connectivity index (χ2n) is 5.20. The number of benzene rings is 2. The van der Waals surface area contributed by atoms with Crippen molar-refractivity contribution in [3.8, 4) is 17.6 Å². The van der Waals surface area contributed by atoms with Crippen LogP contribution in [0.3, 0.4) is 0 Å². The van der Waals surface area contributed by atoms with Crippen LogP contribution in [0.5, 0.6) is 5.75 Å². The number of rotatable bonds is 7. The molecule has 0 saturated carbocycles. The summed E-state index contributed by atoms with van der Waals surface area (Å²) in [6.45, 7) is 0.280. The summed E-state index contributed by atoms with van der Waals surface area (Å²) in [7, 11) is 1.39. The third-order valence-electron chi connectivity index (χ3n) is 3.32. The topological polar surface area (TPSA) is 81.5 Å². The van der Waals surface area contributed by atoms with Crippen LogP contribution in [-0.2, 0) is 10.5 Å². The van der Waals surface area contributed by atoms with Gasteiger partial charge in [-0.15, -0.1) is 11.8 Å². The number of ether oxygens (including phenoxy) is 1. The second kappa shape index (κ2) is 10.1. The average molecular weight is 370 g/mol. The van der Waals surface area contributed by atoms with Gasteiger partial charge in [0.1, 0.15) is 0 Å². The third-order valence-corrected chi connectivity index (χ3v) is 4.33. The number of methoxy groups -OCH3 is 1. The molecule has 0 radical (unpaired) electrons. The Labute approximate surface area is 156 Å². The summed E-state index contributed by atoms with van der Waals surface area (Å²) in [4.78, 5) is 22.3. The predicted molar refractivity (Wildman–Crippen MR) is 102 cm³/mol. The van der Waals surface area contributed by atoms with Crippen molar-refractivity contribution in [2.75, 3.05) is 19.4 Å². The minimum atomic E-state index is -0.481. The van der Waals surface area contributed by atoms with Crippen molar-refractivity contribution < 1.29 is 14.5 Å². The molecule has 0 unspecified atom stereocenters. The first-order valence-corrected chi connectivity index (χ1v) is 8.95. The zero-order valence-corrected chi connectivity index (χ0v) is 15.0. The number of amides is 1. The Hall–Kier alpha value is -2.98. The highest BCUT2D eigenvalue weighted by molar-refractivity contribution is 7.99. The van der Waals surface area contributed by atoms with Gasteiger partial charge in [0.15, 0.2) is 5.75 Å². The van der Waals surface area contributed by atoms with E-state index < -0.39 is 4.92 Å². The Morgan fingerprint density at radius 3 is 2.73 bits per heavy atom. The Kier molecular flexibility index (Phi) is 7.52. The van der Waals surface area contributed by atoms with E-state index in [4.69, 9.17) is 4.74 Å². The van der Waals surface area contributed by atoms with Crippen molar-refractivity contribution in [2.24, 2.45) is 0 Å². The van der Waals surface area contributed by atoms with Crippen LogP contribution in [0.25, 0.3) is 0 Å². The summed E-state index contributed by atoms with van der Waals surface area (Å²) in [6, 6.07) is 14.3. The number of nitro groups is 1. The number of carbonyl (C=O) groups is 1. The molecule has 0 bridgehead atoms. The first-order chi connectivity index (χ1) is 12.6. The van der Waals surface area contributed by atoms with Gasteiger partial charge in [0.05, 0.1) is 24.3 Å². The first kappa shape index (κ1) is 19.3. The van der Waals surface area contributed by atoms with E-state index in [2.05, 4.69) is 17.2 Å². The Morgan fingerprint density at radius 1 is 1.27 bits per heavy atom. The SMILES string of the molecule is COc1ccc(CSCC(=O)NCC#Cc2ccccc2)cc1[N+](=O)[O-]. The minimum Gasteiger partial charge on any atom is -0.490 e. The number of carbonyl (C=O) groups excluding carboxylic acids is 1. The van der Waals surface area contributed by atoms with Crippen LogP contribution in [-0.4, -0.2) is 30.2 Å². The molecule has 134 valence electrons. The smallest absolute Gasteiger partial charge is 0.311 e. The number of nitro benzene ring substituents is 1. The van der Waals surface area contributed by atoms with Crippen molar-refractivity contribution in [3.63, 3.8) is 0 Å². The van der Waals surface area contributed by atoms with Gasteiger partial charge in [0.2, 0.25) is 5.91 Å². The molecule has 0 spiro atoms. The van der Waals surface area contributed by atoms with Crippen LogP contribution < -0.4 is 10.1 Å². The lowest BCUT2D eigenvalue weighted by molar-refractivity contribution is -0.385. The summed E-state index contributed by atoms with van der Waals surface area (Å²) in [5.74, 6) is 6.70. The highest BCUT2D eigenvalue weighted by atomic mass is 32.2. The lowest BCUT2D eigenvalue weighted by Gasteiger charge is -2.05. The highest BCUT2D eigenvalue weighted by Gasteiger charge is 2.15. The highest BCUT2D eigenvalue weighted by Crippen LogP contribution is 2.28. The van der Waals surface area contributed by atoms with Crippen molar-refractivity contribution in [2.45, 2.75) is 5.75 Å². The fourth-order valence-electron chi connectivity index (χ4n) is 2.09. The lowest BCUT2D eigenvalue weighted by Crippen LogP contribution is -2.25. The molecule has 0 aliphatic heterocycles. The summed E-state index contributed by atoms with van der Waals surface area (Å²) in [5, 5.41) is 13.7. The van der Waals surface area contributed by atoms with Gasteiger partial charge in [-0.3, -0.25) is 14.9 Å². The minimum absolute atomic E-state index is 0.0776. The Balaban J connectivity index is 1.75. The van der Waals surface area contributed by atoms with E-state index in [1.165, 1.54) is 24.9 Å². The fraction of sp³-hybridized carbons (Fsp3) is 0.211. The maximum absolute atomic E-state index is 11.8. The largest absolute Gasteiger partial charge is 0.490 e. The number of thioether (sulfide) groups is 1. The van der Waals surface area contributed by atoms with E-state index in [0.29, 0.717) is 5.75 Å². The van der Waals surface area contributed by atoms with Crippen molar-refractivity contribution in [3.05, 3.63) is 69.8 Å². The van der Waals surface area contributed by atoms with Crippen molar-refractivity contribution >= 4 is 23.4 Å². The van der Waals surface area contributed by atoms with E-state index >= 15 is 0 Å². The quantitative estimate of drug-likeness (QED) is 0.460. The maximum Gasteiger partial charge on any atom is 0.311 e. The van der Waals surface area contributed by atoms with Crippen LogP contribution in [0.15, 0.2) is 48.5 Å². The number of nitrogens with one attached hydrogen (secondary N) is 1. The summed E-state index contributed by atoms with van der Waals surface area (Å²) in [5.41, 5.74) is 1.59. The number of hydrogen-bond acceptors (Lipinski definition) is 5. The molecule has 2 rings (SSSR count). The normalized spacial score (nSPS) is 9.73. The van der Waals surface area contributed by atoms with Crippen LogP contribution in [0, 0.1) is 22.0 Å². The molecule has 0 aromatic heterocycles. The van der Waals surface area contributed by atoms with Gasteiger partial charge in [-0.05, 0) is 23.8 Å². The van der Waals surface area contributed by atoms with E-state index in [9.17, 15) is 14.9 Å². The summed E-state index contributed by atoms with van der Waals surface area (Å²) < 4.78 is 4.97. The van der Waals surface area contributed by atoms with Crippen LogP contribution in [0.1, 0.15) is 11.1 Å². The maximum atomic E-state index is 11.8. The molecule has 2 aromatic carbocycles. The zero-order valence-electron chi connectivity index (χ0n) is 14.2. The summed E-state index contributed by atoms with van der Waals surface area (Å²) in [6.07, 6.45) is 0. The average Bonchev–Trinajstić information content (AvgIpc) is 2.66. The second-order valence-corrected chi connectivity index (χ2v) is 6.19. The molecule has 26 heavy (non-hydrogen) atoms. The van der Waals surface area contributed by atoms with Gasteiger partial charge in [-0.1, -0.05) is 36.1 Å². The van der Waals surface area contributed by atoms with E-state index in [1.807, 2.05) is 30.3 Å². The standard InChI is InChI=1S/C19H18N2O4S/c1-25-18-10-9-16(12-17(18)21(23)24)13-26-14-19(22)20-11-5-8-15-6-3-2-4-7-15/h2-4,6-7,9-10,12H,11,13-14H2,1H3,(H,20,22). The molecular weight excluding hydrogens is 352 g/mol. The van der Waals surface area contributed by atoms with E-state index in [-0.39, 0.29) is 29.6 Å². The zero-order chi connectivity index (χ0) is 18.8. The Bertz CT molecular complexity index is 828. The third kappa shape index (κ3) is 6.15. The van der Waals surface area contributed by atoms with Crippen LogP contribution in [0.2, 0.25) is 0 Å². The fourth-order valence-corrected chi connectivity index (χ4v) is 2.90. The first-order valence-electron chi connectivity index (χ1n) is 7.80. The van der Waals surface area contributed by atoms with E-state index in [0.717, 1.165) is 11.1 Å². The van der Waals surface area contributed by atoms with E-state index in [1.54, 1.807) is 12.1 Å². The molecule has 0 atom stereocenters. The Morgan fingerprint density at radius 2 is 2.04 bits per heavy atom.